The van der Waals surface area contributed by atoms with Gasteiger partial charge < -0.3 is 4.57 Å². The highest BCUT2D eigenvalue weighted by molar-refractivity contribution is 6.10. The highest BCUT2D eigenvalue weighted by atomic mass is 15.2. The Labute approximate surface area is 345 Å². The lowest BCUT2D eigenvalue weighted by Gasteiger charge is -2.17. The van der Waals surface area contributed by atoms with Crippen LogP contribution in [0.1, 0.15) is 21.9 Å². The molecule has 0 radical (unpaired) electrons. The van der Waals surface area contributed by atoms with Gasteiger partial charge in [0.05, 0.1) is 49.7 Å². The minimum Gasteiger partial charge on any atom is -0.308 e. The summed E-state index contributed by atoms with van der Waals surface area (Å²) in [5.74, 6) is -0.484. The third-order valence-electron chi connectivity index (χ3n) is 9.73. The van der Waals surface area contributed by atoms with E-state index in [-0.39, 0.29) is 72.5 Å². The van der Waals surface area contributed by atoms with Crippen LogP contribution in [0.15, 0.2) is 200 Å². The van der Waals surface area contributed by atoms with Gasteiger partial charge in [0.1, 0.15) is 0 Å². The first kappa shape index (κ1) is 19.6. The largest absolute Gasteiger partial charge is 0.308 e. The van der Waals surface area contributed by atoms with Crippen LogP contribution in [0, 0.1) is 0 Å². The van der Waals surface area contributed by atoms with E-state index in [0.717, 1.165) is 11.1 Å². The molecule has 0 unspecified atom stereocenters. The van der Waals surface area contributed by atoms with Crippen LogP contribution in [0.2, 0.25) is 0 Å². The van der Waals surface area contributed by atoms with Crippen molar-refractivity contribution in [2.24, 2.45) is 0 Å². The van der Waals surface area contributed by atoms with Crippen molar-refractivity contribution in [3.63, 3.8) is 0 Å². The highest BCUT2D eigenvalue weighted by Gasteiger charge is 2.22. The van der Waals surface area contributed by atoms with Gasteiger partial charge in [0.25, 0.3) is 0 Å². The summed E-state index contributed by atoms with van der Waals surface area (Å²) in [5.41, 5.74) is 2.85. The van der Waals surface area contributed by atoms with Crippen LogP contribution in [0.3, 0.4) is 0 Å². The Morgan fingerprint density at radius 3 is 1.30 bits per heavy atom. The SMILES string of the molecule is [2H]c1c([2H])c([2H])c2c(c1[2H])c1c([2H])c([2H])c([2H])c([2H])c1n2-c1nc(-c2ccc(-c3ccccc3)cc2)nc(-c2ccc(-c3ccccc3)cc2-n2c3c([2H])c([2H])c([2H])c([2H])c3c3c([2H])c([2H])c([2H])c([2H])c32)n1. The zero-order valence-electron chi connectivity index (χ0n) is 45.1. The summed E-state index contributed by atoms with van der Waals surface area (Å²) in [6, 6.07) is 21.4. The molecule has 0 aliphatic carbocycles. The summed E-state index contributed by atoms with van der Waals surface area (Å²) in [6.45, 7) is 0. The van der Waals surface area contributed by atoms with Crippen LogP contribution in [0.4, 0.5) is 0 Å². The molecule has 0 fully saturated rings. The van der Waals surface area contributed by atoms with Crippen LogP contribution in [-0.2, 0) is 0 Å². The molecule has 0 saturated carbocycles. The molecule has 0 saturated heterocycles. The number of aromatic nitrogens is 5. The quantitative estimate of drug-likeness (QED) is 0.171. The second kappa shape index (κ2) is 13.0. The number of hydrogen-bond acceptors (Lipinski definition) is 3. The van der Waals surface area contributed by atoms with Crippen molar-refractivity contribution in [2.45, 2.75) is 0 Å². The van der Waals surface area contributed by atoms with Crippen LogP contribution in [0.25, 0.3) is 100 Å². The third-order valence-corrected chi connectivity index (χ3v) is 9.73. The second-order valence-corrected chi connectivity index (χ2v) is 12.9. The first-order valence-electron chi connectivity index (χ1n) is 25.6. The molecular formula is C51H33N5. The van der Waals surface area contributed by atoms with Crippen molar-refractivity contribution >= 4 is 43.6 Å². The van der Waals surface area contributed by atoms with Crippen molar-refractivity contribution < 1.29 is 21.9 Å². The first-order valence-corrected chi connectivity index (χ1v) is 17.6. The molecule has 11 aromatic rings. The number of hydrogen-bond donors (Lipinski definition) is 0. The maximum absolute atomic E-state index is 9.34. The molecule has 3 aromatic heterocycles. The predicted molar refractivity (Wildman–Crippen MR) is 230 cm³/mol. The molecule has 5 nitrogen and oxygen atoms in total. The van der Waals surface area contributed by atoms with Gasteiger partial charge in [0, 0.05) is 32.7 Å². The van der Waals surface area contributed by atoms with Gasteiger partial charge in [0.2, 0.25) is 5.95 Å². The van der Waals surface area contributed by atoms with Gasteiger partial charge in [-0.05, 0) is 58.6 Å². The van der Waals surface area contributed by atoms with Gasteiger partial charge in [-0.15, -0.1) is 0 Å². The fraction of sp³-hybridized carbons (Fsp3) is 0. The topological polar surface area (TPSA) is 48.5 Å². The summed E-state index contributed by atoms with van der Waals surface area (Å²) < 4.78 is 146. The van der Waals surface area contributed by atoms with E-state index in [0.29, 0.717) is 16.7 Å². The van der Waals surface area contributed by atoms with Crippen molar-refractivity contribution in [2.75, 3.05) is 0 Å². The van der Waals surface area contributed by atoms with Crippen LogP contribution < -0.4 is 0 Å². The third kappa shape index (κ3) is 5.21. The smallest absolute Gasteiger partial charge is 0.238 e. The summed E-state index contributed by atoms with van der Waals surface area (Å²) in [4.78, 5) is 14.9. The standard InChI is InChI=1S/C51H33N5/c1-3-15-34(16-4-1)36-27-29-37(30-28-36)49-52-50(54-51(53-49)56-46-25-13-9-21-41(46)42-22-10-14-26-47(42)56)43-32-31-38(35-17-5-2-6-18-35)33-48(43)55-44-23-11-7-19-39(44)40-20-8-12-24-45(40)55/h1-33H/i7D,8D,9D,10D,11D,12D,13D,14D,19D,20D,21D,22D,23D,24D,25D,26D. The summed E-state index contributed by atoms with van der Waals surface area (Å²) in [6.07, 6.45) is 0. The normalized spacial score (nSPS) is 15.6. The second-order valence-electron chi connectivity index (χ2n) is 12.9. The Morgan fingerprint density at radius 2 is 0.768 bits per heavy atom. The van der Waals surface area contributed by atoms with Gasteiger partial charge >= 0.3 is 0 Å². The molecule has 262 valence electrons. The Bertz CT molecular complexity index is 4010. The average molecular weight is 732 g/mol. The zero-order valence-corrected chi connectivity index (χ0v) is 29.1. The number of nitrogens with zero attached hydrogens (tertiary/aromatic N) is 5. The lowest BCUT2D eigenvalue weighted by molar-refractivity contribution is 0.952. The maximum atomic E-state index is 9.34. The fourth-order valence-corrected chi connectivity index (χ4v) is 7.16. The van der Waals surface area contributed by atoms with Crippen molar-refractivity contribution in [3.8, 4) is 56.7 Å². The van der Waals surface area contributed by atoms with E-state index in [4.69, 9.17) is 31.4 Å². The minimum absolute atomic E-state index is 0.00423. The van der Waals surface area contributed by atoms with Crippen LogP contribution in [-0.4, -0.2) is 24.1 Å². The number of fused-ring (bicyclic) bond motifs is 6. The van der Waals surface area contributed by atoms with Gasteiger partial charge in [-0.3, -0.25) is 4.57 Å². The molecule has 0 bridgehead atoms. The Morgan fingerprint density at radius 1 is 0.357 bits per heavy atom. The van der Waals surface area contributed by atoms with Gasteiger partial charge in [0.15, 0.2) is 11.6 Å². The molecule has 0 aliphatic heterocycles. The highest BCUT2D eigenvalue weighted by Crippen LogP contribution is 2.39. The van der Waals surface area contributed by atoms with Crippen molar-refractivity contribution in [1.82, 2.24) is 24.1 Å². The summed E-state index contributed by atoms with van der Waals surface area (Å²) in [5, 5.41) is -0.744. The molecule has 56 heavy (non-hydrogen) atoms. The van der Waals surface area contributed by atoms with E-state index in [9.17, 15) is 5.48 Å². The summed E-state index contributed by atoms with van der Waals surface area (Å²) in [7, 11) is 0. The maximum Gasteiger partial charge on any atom is 0.238 e. The zero-order chi connectivity index (χ0) is 50.9. The Kier molecular flexibility index (Phi) is 4.57. The van der Waals surface area contributed by atoms with E-state index in [1.54, 1.807) is 30.3 Å². The van der Waals surface area contributed by atoms with Gasteiger partial charge in [-0.2, -0.15) is 9.97 Å². The lowest BCUT2D eigenvalue weighted by atomic mass is 10.0. The molecular weight excluding hydrogens is 683 g/mol. The molecule has 0 N–H and O–H groups in total. The summed E-state index contributed by atoms with van der Waals surface area (Å²) >= 11 is 0. The van der Waals surface area contributed by atoms with Crippen molar-refractivity contribution in [1.29, 1.82) is 0 Å². The number of benzene rings is 8. The number of para-hydroxylation sites is 4. The Hall–Kier alpha value is -7.63. The van der Waals surface area contributed by atoms with Crippen LogP contribution in [0.5, 0.6) is 0 Å². The van der Waals surface area contributed by atoms with E-state index < -0.39 is 96.7 Å². The first-order chi connectivity index (χ1) is 34.4. The van der Waals surface area contributed by atoms with E-state index in [1.165, 1.54) is 9.13 Å². The predicted octanol–water partition coefficient (Wildman–Crippen LogP) is 12.7. The molecule has 0 amide bonds. The van der Waals surface area contributed by atoms with Crippen molar-refractivity contribution in [3.05, 3.63) is 200 Å². The van der Waals surface area contributed by atoms with Crippen LogP contribution >= 0.6 is 0 Å². The number of rotatable bonds is 6. The van der Waals surface area contributed by atoms with E-state index in [1.807, 2.05) is 72.8 Å². The Balaban J connectivity index is 1.32. The molecule has 0 spiro atoms. The molecule has 3 heterocycles. The minimum atomic E-state index is -0.655. The van der Waals surface area contributed by atoms with Gasteiger partial charge in [-0.1, -0.05) is 164 Å². The lowest BCUT2D eigenvalue weighted by Crippen LogP contribution is -2.08. The fourth-order valence-electron chi connectivity index (χ4n) is 7.16. The average Bonchev–Trinajstić information content (AvgIpc) is 3.96. The van der Waals surface area contributed by atoms with E-state index >= 15 is 0 Å². The molecule has 11 rings (SSSR count). The van der Waals surface area contributed by atoms with E-state index in [2.05, 4.69) is 0 Å². The molecule has 0 aliphatic rings. The molecule has 0 atom stereocenters. The molecule has 8 aromatic carbocycles. The monoisotopic (exact) mass is 731 g/mol. The van der Waals surface area contributed by atoms with Gasteiger partial charge in [-0.25, -0.2) is 4.98 Å². The molecule has 5 heteroatoms.